The van der Waals surface area contributed by atoms with Crippen molar-refractivity contribution in [1.82, 2.24) is 9.97 Å². The average molecular weight is 308 g/mol. The zero-order valence-electron chi connectivity index (χ0n) is 12.6. The number of nitrogens with zero attached hydrogens (tertiary/aromatic N) is 1. The maximum absolute atomic E-state index is 11.0. The van der Waals surface area contributed by atoms with Crippen molar-refractivity contribution < 1.29 is 14.6 Å². The van der Waals surface area contributed by atoms with Crippen molar-refractivity contribution in [3.8, 4) is 5.75 Å². The number of aromatic nitrogens is 2. The molecule has 2 N–H and O–H groups in total. The molecule has 0 saturated heterocycles. The molecule has 116 valence electrons. The zero-order valence-corrected chi connectivity index (χ0v) is 12.6. The second kappa shape index (κ2) is 6.48. The Balaban J connectivity index is 2.28. The van der Waals surface area contributed by atoms with Gasteiger partial charge in [-0.25, -0.2) is 4.79 Å². The molecule has 5 nitrogen and oxygen atoms in total. The van der Waals surface area contributed by atoms with E-state index in [1.165, 1.54) is 6.08 Å². The molecule has 0 aliphatic heterocycles. The van der Waals surface area contributed by atoms with E-state index in [-0.39, 0.29) is 6.61 Å². The molecular formula is C18H16N2O3. The summed E-state index contributed by atoms with van der Waals surface area (Å²) in [6.07, 6.45) is 3.10. The number of allylic oxidation sites excluding steroid dienone is 1. The van der Waals surface area contributed by atoms with Gasteiger partial charge in [0.05, 0.1) is 25.3 Å². The minimum atomic E-state index is -0.392. The van der Waals surface area contributed by atoms with E-state index in [0.29, 0.717) is 17.1 Å². The SMILES string of the molecule is COc1ccc2[nH]c(CO)c(C(C=C=O)c3ccccn3)c2c1. The number of hydrogen-bond donors (Lipinski definition) is 2. The fourth-order valence-corrected chi connectivity index (χ4v) is 2.80. The highest BCUT2D eigenvalue weighted by atomic mass is 16.5. The van der Waals surface area contributed by atoms with Gasteiger partial charge in [-0.2, -0.15) is 0 Å². The zero-order chi connectivity index (χ0) is 16.2. The quantitative estimate of drug-likeness (QED) is 0.710. The number of H-pyrrole nitrogens is 1. The van der Waals surface area contributed by atoms with Gasteiger partial charge in [-0.15, -0.1) is 0 Å². The molecule has 0 radical (unpaired) electrons. The predicted molar refractivity (Wildman–Crippen MR) is 87.1 cm³/mol. The van der Waals surface area contributed by atoms with Crippen LogP contribution in [0.4, 0.5) is 0 Å². The van der Waals surface area contributed by atoms with Gasteiger partial charge in [-0.3, -0.25) is 4.98 Å². The highest BCUT2D eigenvalue weighted by Gasteiger charge is 2.22. The molecule has 0 fully saturated rings. The molecule has 0 amide bonds. The third-order valence-electron chi connectivity index (χ3n) is 3.84. The minimum absolute atomic E-state index is 0.164. The average Bonchev–Trinajstić information content (AvgIpc) is 2.97. The fraction of sp³-hybridized carbons (Fsp3) is 0.167. The van der Waals surface area contributed by atoms with Crippen molar-refractivity contribution in [2.45, 2.75) is 12.5 Å². The van der Waals surface area contributed by atoms with Gasteiger partial charge >= 0.3 is 0 Å². The number of aliphatic hydroxyl groups is 1. The van der Waals surface area contributed by atoms with E-state index in [0.717, 1.165) is 16.5 Å². The van der Waals surface area contributed by atoms with Gasteiger partial charge < -0.3 is 14.8 Å². The Bertz CT molecular complexity index is 865. The first-order chi connectivity index (χ1) is 11.3. The molecule has 2 aromatic heterocycles. The maximum atomic E-state index is 11.0. The molecule has 1 unspecified atom stereocenters. The maximum Gasteiger partial charge on any atom is 0.121 e. The molecule has 1 aromatic carbocycles. The van der Waals surface area contributed by atoms with Crippen LogP contribution in [0.25, 0.3) is 10.9 Å². The summed E-state index contributed by atoms with van der Waals surface area (Å²) in [4.78, 5) is 18.6. The van der Waals surface area contributed by atoms with Gasteiger partial charge in [0.25, 0.3) is 0 Å². The van der Waals surface area contributed by atoms with Crippen LogP contribution >= 0.6 is 0 Å². The monoisotopic (exact) mass is 308 g/mol. The first-order valence-electron chi connectivity index (χ1n) is 7.19. The number of fused-ring (bicyclic) bond motifs is 1. The van der Waals surface area contributed by atoms with E-state index >= 15 is 0 Å². The minimum Gasteiger partial charge on any atom is -0.497 e. The number of rotatable bonds is 5. The molecule has 3 rings (SSSR count). The third-order valence-corrected chi connectivity index (χ3v) is 3.84. The number of pyridine rings is 1. The number of benzene rings is 1. The van der Waals surface area contributed by atoms with Crippen molar-refractivity contribution in [3.05, 3.63) is 65.6 Å². The van der Waals surface area contributed by atoms with E-state index in [4.69, 9.17) is 4.74 Å². The van der Waals surface area contributed by atoms with Crippen LogP contribution in [0, 0.1) is 0 Å². The van der Waals surface area contributed by atoms with Crippen LogP contribution in [0.2, 0.25) is 0 Å². The molecule has 5 heteroatoms. The molecule has 0 aliphatic carbocycles. The van der Waals surface area contributed by atoms with E-state index in [1.54, 1.807) is 13.3 Å². The highest BCUT2D eigenvalue weighted by molar-refractivity contribution is 5.87. The Kier molecular flexibility index (Phi) is 4.24. The number of methoxy groups -OCH3 is 1. The summed E-state index contributed by atoms with van der Waals surface area (Å²) >= 11 is 0. The largest absolute Gasteiger partial charge is 0.497 e. The van der Waals surface area contributed by atoms with Crippen LogP contribution in [0.5, 0.6) is 5.75 Å². The Morgan fingerprint density at radius 1 is 1.39 bits per heavy atom. The molecule has 0 bridgehead atoms. The van der Waals surface area contributed by atoms with Crippen molar-refractivity contribution >= 4 is 16.8 Å². The van der Waals surface area contributed by atoms with Crippen molar-refractivity contribution in [3.63, 3.8) is 0 Å². The number of aliphatic hydroxyl groups excluding tert-OH is 1. The summed E-state index contributed by atoms with van der Waals surface area (Å²) in [5.74, 6) is 2.17. The topological polar surface area (TPSA) is 75.2 Å². The summed E-state index contributed by atoms with van der Waals surface area (Å²) in [5.41, 5.74) is 3.04. The summed E-state index contributed by atoms with van der Waals surface area (Å²) in [5, 5.41) is 10.6. The lowest BCUT2D eigenvalue weighted by atomic mass is 9.92. The highest BCUT2D eigenvalue weighted by Crippen LogP contribution is 2.35. The summed E-state index contributed by atoms with van der Waals surface area (Å²) in [7, 11) is 1.60. The van der Waals surface area contributed by atoms with Gasteiger partial charge in [-0.1, -0.05) is 6.07 Å². The number of aromatic amines is 1. The second-order valence-corrected chi connectivity index (χ2v) is 5.10. The lowest BCUT2D eigenvalue weighted by Gasteiger charge is -2.13. The first-order valence-corrected chi connectivity index (χ1v) is 7.19. The summed E-state index contributed by atoms with van der Waals surface area (Å²) in [6, 6.07) is 11.1. The number of carbonyl (C=O) groups excluding carboxylic acids is 1. The second-order valence-electron chi connectivity index (χ2n) is 5.10. The molecule has 1 atom stereocenters. The molecule has 23 heavy (non-hydrogen) atoms. The summed E-state index contributed by atoms with van der Waals surface area (Å²) in [6.45, 7) is -0.164. The van der Waals surface area contributed by atoms with E-state index in [1.807, 2.05) is 42.3 Å². The lowest BCUT2D eigenvalue weighted by molar-refractivity contribution is 0.276. The van der Waals surface area contributed by atoms with Gasteiger partial charge in [0.15, 0.2) is 0 Å². The number of ether oxygens (including phenoxy) is 1. The lowest BCUT2D eigenvalue weighted by Crippen LogP contribution is -2.03. The smallest absolute Gasteiger partial charge is 0.121 e. The Morgan fingerprint density at radius 2 is 2.26 bits per heavy atom. The van der Waals surface area contributed by atoms with Crippen LogP contribution < -0.4 is 4.74 Å². The first kappa shape index (κ1) is 15.0. The normalized spacial score (nSPS) is 11.9. The van der Waals surface area contributed by atoms with Crippen LogP contribution in [-0.2, 0) is 11.4 Å². The molecular weight excluding hydrogens is 292 g/mol. The number of hydrogen-bond acceptors (Lipinski definition) is 4. The Hall–Kier alpha value is -2.88. The molecule has 3 aromatic rings. The van der Waals surface area contributed by atoms with Crippen molar-refractivity contribution in [2.75, 3.05) is 7.11 Å². The van der Waals surface area contributed by atoms with E-state index < -0.39 is 5.92 Å². The standard InChI is InChI=1S/C18H16N2O3/c1-23-12-5-6-16-14(10-12)18(17(11-22)20-16)13(7-9-21)15-4-2-3-8-19-15/h2-8,10,13,20,22H,11H2,1H3. The molecule has 2 heterocycles. The van der Waals surface area contributed by atoms with Crippen LogP contribution in [-0.4, -0.2) is 28.1 Å². The van der Waals surface area contributed by atoms with Crippen LogP contribution in [0.15, 0.2) is 48.7 Å². The third kappa shape index (κ3) is 2.75. The Labute approximate surface area is 133 Å². The van der Waals surface area contributed by atoms with Crippen molar-refractivity contribution in [1.29, 1.82) is 0 Å². The Morgan fingerprint density at radius 3 is 2.91 bits per heavy atom. The van der Waals surface area contributed by atoms with E-state index in [9.17, 15) is 9.90 Å². The van der Waals surface area contributed by atoms with Crippen LogP contribution in [0.1, 0.15) is 22.9 Å². The van der Waals surface area contributed by atoms with Gasteiger partial charge in [0, 0.05) is 28.9 Å². The molecule has 0 spiro atoms. The molecule has 0 saturated carbocycles. The summed E-state index contributed by atoms with van der Waals surface area (Å²) < 4.78 is 5.29. The van der Waals surface area contributed by atoms with E-state index in [2.05, 4.69) is 9.97 Å². The fourth-order valence-electron chi connectivity index (χ4n) is 2.80. The van der Waals surface area contributed by atoms with Gasteiger partial charge in [0.2, 0.25) is 0 Å². The molecule has 0 aliphatic rings. The van der Waals surface area contributed by atoms with Crippen molar-refractivity contribution in [2.24, 2.45) is 0 Å². The van der Waals surface area contributed by atoms with Crippen LogP contribution in [0.3, 0.4) is 0 Å². The van der Waals surface area contributed by atoms with Gasteiger partial charge in [0.1, 0.15) is 11.7 Å². The number of nitrogens with one attached hydrogen (secondary N) is 1. The predicted octanol–water partition coefficient (Wildman–Crippen LogP) is 2.58. The van der Waals surface area contributed by atoms with Gasteiger partial charge in [-0.05, 0) is 35.9 Å².